The second-order valence-electron chi connectivity index (χ2n) is 4.81. The van der Waals surface area contributed by atoms with E-state index in [1.807, 2.05) is 0 Å². The summed E-state index contributed by atoms with van der Waals surface area (Å²) >= 11 is 1.24. The Labute approximate surface area is 128 Å². The molecule has 0 aliphatic carbocycles. The lowest BCUT2D eigenvalue weighted by atomic mass is 10.2. The van der Waals surface area contributed by atoms with E-state index >= 15 is 0 Å². The van der Waals surface area contributed by atoms with Gasteiger partial charge in [-0.25, -0.2) is 4.39 Å². The van der Waals surface area contributed by atoms with Crippen LogP contribution in [-0.2, 0) is 16.1 Å². The van der Waals surface area contributed by atoms with Gasteiger partial charge in [0, 0.05) is 18.9 Å². The number of anilines is 1. The fraction of sp³-hybridized carbons (Fsp3) is 0.385. The van der Waals surface area contributed by atoms with Crippen LogP contribution in [0.25, 0.3) is 0 Å². The molecule has 1 aliphatic rings. The van der Waals surface area contributed by atoms with Crippen LogP contribution in [0.5, 0.6) is 0 Å². The van der Waals surface area contributed by atoms with Crippen molar-refractivity contribution >= 4 is 22.4 Å². The Bertz CT molecular complexity index is 739. The molecule has 9 heteroatoms. The summed E-state index contributed by atoms with van der Waals surface area (Å²) in [5.74, 6) is -1.05. The van der Waals surface area contributed by atoms with Crippen molar-refractivity contribution in [2.75, 3.05) is 11.9 Å². The summed E-state index contributed by atoms with van der Waals surface area (Å²) in [6.07, 6.45) is 2.80. The predicted molar refractivity (Wildman–Crippen MR) is 77.1 cm³/mol. The van der Waals surface area contributed by atoms with Crippen molar-refractivity contribution in [3.05, 3.63) is 39.5 Å². The third kappa shape index (κ3) is 3.37. The Morgan fingerprint density at radius 3 is 3.14 bits per heavy atom. The number of carbonyl (C=O) groups excluding carboxylic acids is 1. The van der Waals surface area contributed by atoms with Gasteiger partial charge in [0.25, 0.3) is 5.56 Å². The van der Waals surface area contributed by atoms with Gasteiger partial charge in [-0.05, 0) is 18.9 Å². The molecule has 7 nitrogen and oxygen atoms in total. The Kier molecular flexibility index (Phi) is 4.25. The third-order valence-corrected chi connectivity index (χ3v) is 4.08. The summed E-state index contributed by atoms with van der Waals surface area (Å²) in [4.78, 5) is 23.4. The van der Waals surface area contributed by atoms with E-state index in [0.29, 0.717) is 11.7 Å². The summed E-state index contributed by atoms with van der Waals surface area (Å²) in [5, 5.41) is 11.5. The molecule has 0 spiro atoms. The first-order valence-corrected chi connectivity index (χ1v) is 7.54. The van der Waals surface area contributed by atoms with Crippen molar-refractivity contribution in [2.45, 2.75) is 25.5 Å². The van der Waals surface area contributed by atoms with Gasteiger partial charge in [0.15, 0.2) is 0 Å². The lowest BCUT2D eigenvalue weighted by Gasteiger charge is -2.05. The molecule has 1 N–H and O–H groups in total. The van der Waals surface area contributed by atoms with E-state index < -0.39 is 17.3 Å². The SMILES string of the molecule is O=C(Cn1cc(F)ccc1=O)Nc1nnc(C2CCCO2)s1. The van der Waals surface area contributed by atoms with Crippen LogP contribution < -0.4 is 10.9 Å². The smallest absolute Gasteiger partial charge is 0.251 e. The molecule has 116 valence electrons. The molecular weight excluding hydrogens is 311 g/mol. The summed E-state index contributed by atoms with van der Waals surface area (Å²) < 4.78 is 19.6. The zero-order valence-corrected chi connectivity index (χ0v) is 12.3. The van der Waals surface area contributed by atoms with Crippen molar-refractivity contribution in [1.82, 2.24) is 14.8 Å². The number of ether oxygens (including phenoxy) is 1. The second kappa shape index (κ2) is 6.32. The average Bonchev–Trinajstić information content (AvgIpc) is 3.13. The Morgan fingerprint density at radius 2 is 2.36 bits per heavy atom. The van der Waals surface area contributed by atoms with Gasteiger partial charge < -0.3 is 9.30 Å². The zero-order valence-electron chi connectivity index (χ0n) is 11.5. The summed E-state index contributed by atoms with van der Waals surface area (Å²) in [7, 11) is 0. The molecule has 1 aliphatic heterocycles. The van der Waals surface area contributed by atoms with Gasteiger partial charge in [-0.2, -0.15) is 0 Å². The Hall–Kier alpha value is -2.13. The lowest BCUT2D eigenvalue weighted by molar-refractivity contribution is -0.116. The lowest BCUT2D eigenvalue weighted by Crippen LogP contribution is -2.27. The minimum atomic E-state index is -0.580. The first-order valence-electron chi connectivity index (χ1n) is 6.72. The molecule has 0 aromatic carbocycles. The number of carbonyl (C=O) groups is 1. The maximum absolute atomic E-state index is 13.1. The van der Waals surface area contributed by atoms with Gasteiger partial charge in [0.1, 0.15) is 23.5 Å². The molecule has 22 heavy (non-hydrogen) atoms. The highest BCUT2D eigenvalue weighted by Gasteiger charge is 2.22. The van der Waals surface area contributed by atoms with Crippen molar-refractivity contribution in [3.8, 4) is 0 Å². The van der Waals surface area contributed by atoms with Crippen LogP contribution in [0.3, 0.4) is 0 Å². The first-order chi connectivity index (χ1) is 10.6. The van der Waals surface area contributed by atoms with Gasteiger partial charge >= 0.3 is 0 Å². The average molecular weight is 324 g/mol. The molecule has 3 rings (SSSR count). The minimum absolute atomic E-state index is 0.0611. The van der Waals surface area contributed by atoms with Crippen molar-refractivity contribution in [2.24, 2.45) is 0 Å². The molecule has 2 aromatic rings. The van der Waals surface area contributed by atoms with Gasteiger partial charge in [-0.15, -0.1) is 10.2 Å². The molecule has 1 saturated heterocycles. The first kappa shape index (κ1) is 14.8. The van der Waals surface area contributed by atoms with Gasteiger partial charge in [-0.3, -0.25) is 14.9 Å². The van der Waals surface area contributed by atoms with Crippen LogP contribution in [0, 0.1) is 5.82 Å². The number of nitrogens with one attached hydrogen (secondary N) is 1. The van der Waals surface area contributed by atoms with E-state index in [0.717, 1.165) is 40.7 Å². The molecular formula is C13H13FN4O3S. The Balaban J connectivity index is 1.64. The molecule has 1 atom stereocenters. The molecule has 1 fully saturated rings. The highest BCUT2D eigenvalue weighted by Crippen LogP contribution is 2.31. The predicted octanol–water partition coefficient (Wildman–Crippen LogP) is 1.33. The molecule has 2 aromatic heterocycles. The van der Waals surface area contributed by atoms with Crippen molar-refractivity contribution in [3.63, 3.8) is 0 Å². The van der Waals surface area contributed by atoms with Crippen LogP contribution in [0.15, 0.2) is 23.1 Å². The number of hydrogen-bond acceptors (Lipinski definition) is 6. The normalized spacial score (nSPS) is 17.6. The molecule has 3 heterocycles. The second-order valence-corrected chi connectivity index (χ2v) is 5.82. The number of pyridine rings is 1. The fourth-order valence-electron chi connectivity index (χ4n) is 2.13. The molecule has 1 unspecified atom stereocenters. The van der Waals surface area contributed by atoms with Gasteiger partial charge in [0.2, 0.25) is 11.0 Å². The molecule has 0 bridgehead atoms. The fourth-order valence-corrected chi connectivity index (χ4v) is 2.97. The summed E-state index contributed by atoms with van der Waals surface area (Å²) in [5.41, 5.74) is -0.450. The monoisotopic (exact) mass is 324 g/mol. The van der Waals surface area contributed by atoms with Gasteiger partial charge in [-0.1, -0.05) is 11.3 Å². The van der Waals surface area contributed by atoms with Crippen LogP contribution in [0.4, 0.5) is 9.52 Å². The van der Waals surface area contributed by atoms with E-state index in [1.165, 1.54) is 11.3 Å². The van der Waals surface area contributed by atoms with Crippen LogP contribution >= 0.6 is 11.3 Å². The maximum Gasteiger partial charge on any atom is 0.251 e. The minimum Gasteiger partial charge on any atom is -0.371 e. The largest absolute Gasteiger partial charge is 0.371 e. The summed E-state index contributed by atoms with van der Waals surface area (Å²) in [6, 6.07) is 2.12. The Morgan fingerprint density at radius 1 is 1.50 bits per heavy atom. The standard InChI is InChI=1S/C13H13FN4O3S/c14-8-3-4-11(20)18(6-8)7-10(19)15-13-17-16-12(22-13)9-2-1-5-21-9/h3-4,6,9H,1-2,5,7H2,(H,15,17,19). The molecule has 1 amide bonds. The topological polar surface area (TPSA) is 86.1 Å². The van der Waals surface area contributed by atoms with E-state index in [1.54, 1.807) is 0 Å². The van der Waals surface area contributed by atoms with E-state index in [4.69, 9.17) is 4.74 Å². The van der Waals surface area contributed by atoms with Crippen molar-refractivity contribution < 1.29 is 13.9 Å². The number of halogens is 1. The van der Waals surface area contributed by atoms with Crippen LogP contribution in [0.2, 0.25) is 0 Å². The number of hydrogen-bond donors (Lipinski definition) is 1. The van der Waals surface area contributed by atoms with E-state index in [2.05, 4.69) is 15.5 Å². The third-order valence-electron chi connectivity index (χ3n) is 3.15. The summed E-state index contributed by atoms with van der Waals surface area (Å²) in [6.45, 7) is 0.417. The highest BCUT2D eigenvalue weighted by molar-refractivity contribution is 7.15. The number of amides is 1. The van der Waals surface area contributed by atoms with E-state index in [-0.39, 0.29) is 12.6 Å². The number of nitrogens with zero attached hydrogens (tertiary/aromatic N) is 3. The van der Waals surface area contributed by atoms with Gasteiger partial charge in [0.05, 0.1) is 0 Å². The van der Waals surface area contributed by atoms with Crippen LogP contribution in [0.1, 0.15) is 24.0 Å². The van der Waals surface area contributed by atoms with E-state index in [9.17, 15) is 14.0 Å². The number of rotatable bonds is 4. The maximum atomic E-state index is 13.1. The quantitative estimate of drug-likeness (QED) is 0.917. The molecule has 0 radical (unpaired) electrons. The van der Waals surface area contributed by atoms with Crippen LogP contribution in [-0.4, -0.2) is 27.3 Å². The molecule has 0 saturated carbocycles. The highest BCUT2D eigenvalue weighted by atomic mass is 32.1. The zero-order chi connectivity index (χ0) is 15.5. The number of aromatic nitrogens is 3. The van der Waals surface area contributed by atoms with Crippen molar-refractivity contribution in [1.29, 1.82) is 0 Å².